The molecule has 3 aromatic carbocycles. The maximum absolute atomic E-state index is 14.2. The van der Waals surface area contributed by atoms with Crippen LogP contribution in [-0.4, -0.2) is 74.6 Å². The molecular formula is C33H36FN5O4. The van der Waals surface area contributed by atoms with E-state index >= 15 is 0 Å². The van der Waals surface area contributed by atoms with Gasteiger partial charge in [0.25, 0.3) is 0 Å². The predicted octanol–water partition coefficient (Wildman–Crippen LogP) is 4.14. The van der Waals surface area contributed by atoms with Gasteiger partial charge >= 0.3 is 6.03 Å². The molecule has 2 aliphatic heterocycles. The number of phenols is 1. The summed E-state index contributed by atoms with van der Waals surface area (Å²) < 4.78 is 14.0. The summed E-state index contributed by atoms with van der Waals surface area (Å²) in [6.45, 7) is 7.97. The van der Waals surface area contributed by atoms with Crippen LogP contribution >= 0.6 is 0 Å². The fraction of sp³-hybridized carbons (Fsp3) is 0.303. The van der Waals surface area contributed by atoms with Crippen LogP contribution in [-0.2, 0) is 22.6 Å². The third kappa shape index (κ3) is 6.24. The number of nitrogens with zero attached hydrogens (tertiary/aromatic N) is 4. The lowest BCUT2D eigenvalue weighted by Crippen LogP contribution is -2.76. The maximum atomic E-state index is 14.2. The van der Waals surface area contributed by atoms with Gasteiger partial charge in [-0.1, -0.05) is 54.6 Å². The monoisotopic (exact) mass is 585 g/mol. The third-order valence-electron chi connectivity index (χ3n) is 8.13. The number of hydrogen-bond acceptors (Lipinski definition) is 5. The third-order valence-corrected chi connectivity index (χ3v) is 8.13. The molecule has 43 heavy (non-hydrogen) atoms. The zero-order chi connectivity index (χ0) is 30.7. The van der Waals surface area contributed by atoms with Crippen LogP contribution in [0.15, 0.2) is 85.5 Å². The number of hydrogen-bond donors (Lipinski definition) is 2. The lowest BCUT2D eigenvalue weighted by molar-refractivity contribution is -0.191. The Kier molecular flexibility index (Phi) is 8.77. The van der Waals surface area contributed by atoms with Gasteiger partial charge in [0.15, 0.2) is 0 Å². The van der Waals surface area contributed by atoms with E-state index in [0.29, 0.717) is 5.56 Å². The smallest absolute Gasteiger partial charge is 0.334 e. The number of phenolic OH excluding ortho intramolecular Hbond substituents is 1. The number of aryl methyl sites for hydroxylation is 1. The number of urea groups is 1. The van der Waals surface area contributed by atoms with E-state index < -0.39 is 24.3 Å². The van der Waals surface area contributed by atoms with Gasteiger partial charge in [0.05, 0.1) is 19.1 Å². The minimum Gasteiger partial charge on any atom is -0.508 e. The Balaban J connectivity index is 1.53. The number of halogens is 1. The Morgan fingerprint density at radius 2 is 1.81 bits per heavy atom. The molecule has 4 amide bonds. The van der Waals surface area contributed by atoms with Crippen molar-refractivity contribution < 1.29 is 23.9 Å². The molecule has 0 aliphatic carbocycles. The van der Waals surface area contributed by atoms with Gasteiger partial charge in [-0.15, -0.1) is 6.58 Å². The second kappa shape index (κ2) is 12.7. The lowest BCUT2D eigenvalue weighted by atomic mass is 9.95. The van der Waals surface area contributed by atoms with Crippen LogP contribution in [0.3, 0.4) is 0 Å². The molecule has 0 unspecified atom stereocenters. The molecule has 0 bridgehead atoms. The molecule has 2 fully saturated rings. The van der Waals surface area contributed by atoms with E-state index in [1.807, 2.05) is 37.3 Å². The van der Waals surface area contributed by atoms with Gasteiger partial charge in [-0.25, -0.2) is 19.2 Å². The molecule has 0 aromatic heterocycles. The average Bonchev–Trinajstić information content (AvgIpc) is 2.98. The second-order valence-electron chi connectivity index (χ2n) is 11.0. The molecule has 0 saturated carbocycles. The SMILES string of the molecule is C=CCN1CC(=O)N2[C@@H](Cc3ccc(O)cc3)C(=O)N([C@@H](C)c3ccc(F)cc3C)C[C@@H]2N1C(=O)NCc1ccccc1. The molecule has 5 rings (SSSR count). The highest BCUT2D eigenvalue weighted by atomic mass is 19.1. The number of carbonyl (C=O) groups is 3. The number of piperazine rings is 1. The van der Waals surface area contributed by atoms with E-state index in [-0.39, 0.29) is 56.0 Å². The molecule has 10 heteroatoms. The number of nitrogens with one attached hydrogen (secondary N) is 1. The summed E-state index contributed by atoms with van der Waals surface area (Å²) in [5.74, 6) is -0.819. The van der Waals surface area contributed by atoms with Gasteiger partial charge in [-0.05, 0) is 60.4 Å². The maximum Gasteiger partial charge on any atom is 0.334 e. The average molecular weight is 586 g/mol. The lowest BCUT2D eigenvalue weighted by Gasteiger charge is -2.56. The van der Waals surface area contributed by atoms with E-state index in [1.54, 1.807) is 41.1 Å². The van der Waals surface area contributed by atoms with E-state index in [0.717, 1.165) is 16.7 Å². The summed E-state index contributed by atoms with van der Waals surface area (Å²) in [4.78, 5) is 45.1. The van der Waals surface area contributed by atoms with Crippen LogP contribution in [0.25, 0.3) is 0 Å². The predicted molar refractivity (Wildman–Crippen MR) is 160 cm³/mol. The van der Waals surface area contributed by atoms with Crippen molar-refractivity contribution in [2.75, 3.05) is 19.6 Å². The highest BCUT2D eigenvalue weighted by Gasteiger charge is 2.52. The number of aromatic hydroxyl groups is 1. The van der Waals surface area contributed by atoms with Gasteiger partial charge in [0.1, 0.15) is 23.8 Å². The second-order valence-corrected chi connectivity index (χ2v) is 11.0. The van der Waals surface area contributed by atoms with Crippen molar-refractivity contribution in [3.05, 3.63) is 114 Å². The summed E-state index contributed by atoms with van der Waals surface area (Å²) in [6, 6.07) is 18.7. The number of hydrazine groups is 1. The van der Waals surface area contributed by atoms with E-state index in [9.17, 15) is 23.9 Å². The first-order valence-corrected chi connectivity index (χ1v) is 14.3. The first kappa shape index (κ1) is 29.8. The molecule has 2 saturated heterocycles. The molecule has 0 spiro atoms. The Labute approximate surface area is 250 Å². The molecule has 2 heterocycles. The van der Waals surface area contributed by atoms with E-state index in [4.69, 9.17) is 0 Å². The van der Waals surface area contributed by atoms with Gasteiger partial charge in [-0.3, -0.25) is 9.59 Å². The standard InChI is InChI=1S/C33H36FN5O4/c1-4-16-36-21-31(41)38-29(18-24-10-13-27(40)14-11-24)32(42)37(23(3)28-15-12-26(34)17-22(28)2)20-30(38)39(36)33(43)35-19-25-8-6-5-7-9-25/h4-15,17,23,29-30,40H,1,16,18-21H2,2-3H3,(H,35,43)/t23-,29-,30-/m0/s1. The highest BCUT2D eigenvalue weighted by molar-refractivity contribution is 5.92. The molecule has 3 atom stereocenters. The summed E-state index contributed by atoms with van der Waals surface area (Å²) >= 11 is 0. The summed E-state index contributed by atoms with van der Waals surface area (Å²) in [5.41, 5.74) is 3.14. The van der Waals surface area contributed by atoms with Crippen LogP contribution < -0.4 is 5.32 Å². The van der Waals surface area contributed by atoms with Crippen molar-refractivity contribution in [2.24, 2.45) is 0 Å². The highest BCUT2D eigenvalue weighted by Crippen LogP contribution is 2.34. The number of benzene rings is 3. The van der Waals surface area contributed by atoms with E-state index in [2.05, 4.69) is 11.9 Å². The fourth-order valence-electron chi connectivity index (χ4n) is 6.00. The Bertz CT molecular complexity index is 1500. The molecule has 2 aliphatic rings. The summed E-state index contributed by atoms with van der Waals surface area (Å²) in [7, 11) is 0. The number of rotatable bonds is 8. The fourth-order valence-corrected chi connectivity index (χ4v) is 6.00. The van der Waals surface area contributed by atoms with Crippen molar-refractivity contribution >= 4 is 17.8 Å². The van der Waals surface area contributed by atoms with Crippen molar-refractivity contribution in [3.8, 4) is 5.75 Å². The van der Waals surface area contributed by atoms with Crippen LogP contribution in [0, 0.1) is 12.7 Å². The van der Waals surface area contributed by atoms with Gasteiger partial charge in [-0.2, -0.15) is 0 Å². The van der Waals surface area contributed by atoms with Crippen molar-refractivity contribution in [1.82, 2.24) is 25.1 Å². The van der Waals surface area contributed by atoms with Gasteiger partial charge < -0.3 is 20.2 Å². The first-order valence-electron chi connectivity index (χ1n) is 14.3. The Morgan fingerprint density at radius 1 is 1.09 bits per heavy atom. The normalized spacial score (nSPS) is 19.7. The molecule has 9 nitrogen and oxygen atoms in total. The first-order chi connectivity index (χ1) is 20.7. The zero-order valence-electron chi connectivity index (χ0n) is 24.3. The van der Waals surface area contributed by atoms with Crippen molar-refractivity contribution in [2.45, 2.75) is 45.1 Å². The largest absolute Gasteiger partial charge is 0.508 e. The molecule has 224 valence electrons. The molecular weight excluding hydrogens is 549 g/mol. The van der Waals surface area contributed by atoms with Crippen LogP contribution in [0.4, 0.5) is 9.18 Å². The number of carbonyl (C=O) groups excluding carboxylic acids is 3. The summed E-state index contributed by atoms with van der Waals surface area (Å²) in [5, 5.41) is 16.0. The molecule has 3 aromatic rings. The van der Waals surface area contributed by atoms with Crippen LogP contribution in [0.5, 0.6) is 5.75 Å². The number of amides is 4. The van der Waals surface area contributed by atoms with Crippen molar-refractivity contribution in [3.63, 3.8) is 0 Å². The summed E-state index contributed by atoms with van der Waals surface area (Å²) in [6.07, 6.45) is 1.01. The van der Waals surface area contributed by atoms with E-state index in [1.165, 1.54) is 34.2 Å². The number of fused-ring (bicyclic) bond motifs is 1. The van der Waals surface area contributed by atoms with Crippen LogP contribution in [0.1, 0.15) is 35.2 Å². The van der Waals surface area contributed by atoms with Crippen LogP contribution in [0.2, 0.25) is 0 Å². The van der Waals surface area contributed by atoms with Crippen molar-refractivity contribution in [1.29, 1.82) is 0 Å². The molecule has 0 radical (unpaired) electrons. The minimum atomic E-state index is -0.908. The zero-order valence-corrected chi connectivity index (χ0v) is 24.3. The Morgan fingerprint density at radius 3 is 2.49 bits per heavy atom. The topological polar surface area (TPSA) is 96.4 Å². The Hall–Kier alpha value is -4.70. The van der Waals surface area contributed by atoms with Gasteiger partial charge in [0, 0.05) is 19.5 Å². The minimum absolute atomic E-state index is 0.0566. The molecule has 2 N–H and O–H groups in total. The van der Waals surface area contributed by atoms with Gasteiger partial charge in [0.2, 0.25) is 11.8 Å². The quantitative estimate of drug-likeness (QED) is 0.388.